The fourth-order valence-corrected chi connectivity index (χ4v) is 3.94. The van der Waals surface area contributed by atoms with Gasteiger partial charge in [-0.15, -0.1) is 0 Å². The van der Waals surface area contributed by atoms with Crippen molar-refractivity contribution in [1.82, 2.24) is 10.2 Å². The molecule has 0 radical (unpaired) electrons. The fraction of sp³-hybridized carbons (Fsp3) is 0.857. The van der Waals surface area contributed by atoms with E-state index in [-0.39, 0.29) is 29.9 Å². The van der Waals surface area contributed by atoms with Gasteiger partial charge in [0.15, 0.2) is 0 Å². The van der Waals surface area contributed by atoms with Crippen LogP contribution >= 0.6 is 0 Å². The Balaban J connectivity index is 1.67. The topological polar surface area (TPSA) is 75.4 Å². The van der Waals surface area contributed by atoms with Crippen LogP contribution < -0.4 is 11.1 Å². The Labute approximate surface area is 113 Å². The lowest BCUT2D eigenvalue weighted by atomic mass is 9.99. The summed E-state index contributed by atoms with van der Waals surface area (Å²) in [4.78, 5) is 26.1. The van der Waals surface area contributed by atoms with Crippen molar-refractivity contribution in [2.24, 2.45) is 11.7 Å². The maximum Gasteiger partial charge on any atom is 0.223 e. The predicted octanol–water partition coefficient (Wildman–Crippen LogP) is 0.383. The Kier molecular flexibility index (Phi) is 3.48. The molecule has 5 heteroatoms. The van der Waals surface area contributed by atoms with Crippen LogP contribution in [0.3, 0.4) is 0 Å². The zero-order valence-electron chi connectivity index (χ0n) is 11.3. The summed E-state index contributed by atoms with van der Waals surface area (Å²) >= 11 is 0. The maximum absolute atomic E-state index is 12.6. The number of nitrogens with one attached hydrogen (secondary N) is 1. The summed E-state index contributed by atoms with van der Waals surface area (Å²) < 4.78 is 0. The smallest absolute Gasteiger partial charge is 0.223 e. The minimum absolute atomic E-state index is 0.0857. The van der Waals surface area contributed by atoms with Crippen molar-refractivity contribution in [1.29, 1.82) is 0 Å². The van der Waals surface area contributed by atoms with Crippen molar-refractivity contribution in [2.75, 3.05) is 6.54 Å². The molecule has 0 spiro atoms. The first-order valence-electron chi connectivity index (χ1n) is 7.48. The second kappa shape index (κ2) is 5.12. The number of carbonyl (C=O) groups is 2. The highest BCUT2D eigenvalue weighted by Gasteiger charge is 2.41. The van der Waals surface area contributed by atoms with Gasteiger partial charge < -0.3 is 16.0 Å². The molecule has 2 bridgehead atoms. The van der Waals surface area contributed by atoms with Crippen LogP contribution in [0.5, 0.6) is 0 Å². The number of nitrogens with zero attached hydrogens (tertiary/aromatic N) is 1. The molecule has 2 aliphatic heterocycles. The number of hydrogen-bond donors (Lipinski definition) is 2. The van der Waals surface area contributed by atoms with Crippen LogP contribution in [-0.2, 0) is 9.59 Å². The van der Waals surface area contributed by atoms with Gasteiger partial charge in [0.1, 0.15) is 0 Å². The van der Waals surface area contributed by atoms with Gasteiger partial charge in [0, 0.05) is 37.5 Å². The largest absolute Gasteiger partial charge is 0.354 e. The molecular weight excluding hydrogens is 242 g/mol. The van der Waals surface area contributed by atoms with Crippen molar-refractivity contribution in [3.05, 3.63) is 0 Å². The third-order valence-electron chi connectivity index (χ3n) is 5.02. The van der Waals surface area contributed by atoms with Crippen molar-refractivity contribution in [2.45, 2.75) is 63.1 Å². The van der Waals surface area contributed by atoms with Crippen molar-refractivity contribution in [3.8, 4) is 0 Å². The highest BCUT2D eigenvalue weighted by molar-refractivity contribution is 5.82. The summed E-state index contributed by atoms with van der Waals surface area (Å²) in [5, 5.41) is 2.91. The summed E-state index contributed by atoms with van der Waals surface area (Å²) in [5.41, 5.74) is 6.06. The van der Waals surface area contributed by atoms with Gasteiger partial charge in [-0.3, -0.25) is 9.59 Å². The summed E-state index contributed by atoms with van der Waals surface area (Å²) in [6, 6.07) is 0.521. The van der Waals surface area contributed by atoms with Gasteiger partial charge >= 0.3 is 0 Å². The molecule has 19 heavy (non-hydrogen) atoms. The molecule has 2 heterocycles. The van der Waals surface area contributed by atoms with Crippen LogP contribution in [0.2, 0.25) is 0 Å². The van der Waals surface area contributed by atoms with E-state index in [0.29, 0.717) is 25.3 Å². The first kappa shape index (κ1) is 12.9. The monoisotopic (exact) mass is 265 g/mol. The highest BCUT2D eigenvalue weighted by Crippen LogP contribution is 2.32. The molecule has 5 nitrogen and oxygen atoms in total. The molecule has 2 saturated heterocycles. The summed E-state index contributed by atoms with van der Waals surface area (Å²) in [7, 11) is 0. The molecule has 3 aliphatic rings. The molecule has 2 unspecified atom stereocenters. The molecule has 0 aromatic rings. The minimum atomic E-state index is 0.0857. The number of amides is 2. The van der Waals surface area contributed by atoms with E-state index in [4.69, 9.17) is 5.73 Å². The highest BCUT2D eigenvalue weighted by atomic mass is 16.2. The predicted molar refractivity (Wildman–Crippen MR) is 71.2 cm³/mol. The number of hydrogen-bond acceptors (Lipinski definition) is 3. The Morgan fingerprint density at radius 2 is 2.05 bits per heavy atom. The van der Waals surface area contributed by atoms with Gasteiger partial charge in [0.05, 0.1) is 0 Å². The summed E-state index contributed by atoms with van der Waals surface area (Å²) in [6.07, 6.45) is 6.30. The normalized spacial score (nSPS) is 38.2. The average Bonchev–Trinajstić information content (AvgIpc) is 2.88. The Morgan fingerprint density at radius 3 is 2.79 bits per heavy atom. The van der Waals surface area contributed by atoms with Crippen LogP contribution in [0.1, 0.15) is 44.9 Å². The van der Waals surface area contributed by atoms with Gasteiger partial charge in [0.25, 0.3) is 0 Å². The average molecular weight is 265 g/mol. The Bertz CT molecular complexity index is 385. The lowest BCUT2D eigenvalue weighted by molar-refractivity contribution is -0.135. The first-order chi connectivity index (χ1) is 9.15. The molecule has 3 N–H and O–H groups in total. The van der Waals surface area contributed by atoms with E-state index < -0.39 is 0 Å². The summed E-state index contributed by atoms with van der Waals surface area (Å²) in [6.45, 7) is 0.623. The van der Waals surface area contributed by atoms with E-state index in [0.717, 1.165) is 32.1 Å². The molecule has 1 aliphatic carbocycles. The third kappa shape index (κ3) is 2.48. The lowest BCUT2D eigenvalue weighted by Crippen LogP contribution is -2.44. The molecule has 0 aromatic carbocycles. The van der Waals surface area contributed by atoms with Crippen LogP contribution in [0, 0.1) is 5.92 Å². The number of rotatable bonds is 2. The Hall–Kier alpha value is -1.10. The van der Waals surface area contributed by atoms with Gasteiger partial charge in [-0.1, -0.05) is 6.42 Å². The molecule has 1 saturated carbocycles. The zero-order valence-corrected chi connectivity index (χ0v) is 11.3. The van der Waals surface area contributed by atoms with Crippen LogP contribution in [0.25, 0.3) is 0 Å². The second-order valence-corrected chi connectivity index (χ2v) is 6.25. The van der Waals surface area contributed by atoms with E-state index in [2.05, 4.69) is 5.32 Å². The third-order valence-corrected chi connectivity index (χ3v) is 5.02. The molecule has 0 aromatic heterocycles. The Morgan fingerprint density at radius 1 is 1.26 bits per heavy atom. The van der Waals surface area contributed by atoms with E-state index in [1.54, 1.807) is 0 Å². The van der Waals surface area contributed by atoms with Crippen LogP contribution in [0.15, 0.2) is 0 Å². The molecule has 3 fully saturated rings. The van der Waals surface area contributed by atoms with Gasteiger partial charge in [0.2, 0.25) is 11.8 Å². The minimum Gasteiger partial charge on any atom is -0.354 e. The number of fused-ring (bicyclic) bond motifs is 2. The van der Waals surface area contributed by atoms with E-state index >= 15 is 0 Å². The standard InChI is InChI=1S/C14H23N3O2/c15-12-3-1-2-9(12)6-14(19)17-10-4-5-11(17)8-16-13(18)7-10/h9-12H,1-8,15H2,(H,16,18)/t9-,10?,11?,12+/m0/s1. The lowest BCUT2D eigenvalue weighted by Gasteiger charge is -2.29. The van der Waals surface area contributed by atoms with Gasteiger partial charge in [-0.2, -0.15) is 0 Å². The SMILES string of the molecule is N[C@@H]1CCC[C@H]1CC(=O)N1C2CCC1CC(=O)NC2. The van der Waals surface area contributed by atoms with E-state index in [1.165, 1.54) is 0 Å². The zero-order chi connectivity index (χ0) is 13.4. The number of carbonyl (C=O) groups excluding carboxylic acids is 2. The maximum atomic E-state index is 12.6. The van der Waals surface area contributed by atoms with Gasteiger partial charge in [-0.05, 0) is 31.6 Å². The fourth-order valence-electron chi connectivity index (χ4n) is 3.94. The molecular formula is C14H23N3O2. The second-order valence-electron chi connectivity index (χ2n) is 6.25. The van der Waals surface area contributed by atoms with Crippen molar-refractivity contribution in [3.63, 3.8) is 0 Å². The van der Waals surface area contributed by atoms with E-state index in [1.807, 2.05) is 4.90 Å². The molecule has 2 amide bonds. The van der Waals surface area contributed by atoms with Gasteiger partial charge in [-0.25, -0.2) is 0 Å². The van der Waals surface area contributed by atoms with Crippen LogP contribution in [0.4, 0.5) is 0 Å². The van der Waals surface area contributed by atoms with E-state index in [9.17, 15) is 9.59 Å². The van der Waals surface area contributed by atoms with Crippen molar-refractivity contribution < 1.29 is 9.59 Å². The van der Waals surface area contributed by atoms with Crippen molar-refractivity contribution >= 4 is 11.8 Å². The molecule has 3 rings (SSSR count). The number of nitrogens with two attached hydrogens (primary N) is 1. The molecule has 4 atom stereocenters. The van der Waals surface area contributed by atoms with Crippen LogP contribution in [-0.4, -0.2) is 41.4 Å². The first-order valence-corrected chi connectivity index (χ1v) is 7.48. The summed E-state index contributed by atoms with van der Waals surface area (Å²) in [5.74, 6) is 0.646. The molecule has 106 valence electrons. The quantitative estimate of drug-likeness (QED) is 0.758.